The van der Waals surface area contributed by atoms with Gasteiger partial charge in [-0.25, -0.2) is 0 Å². The van der Waals surface area contributed by atoms with E-state index in [1.807, 2.05) is 6.07 Å². The number of aryl methyl sites for hydroxylation is 1. The van der Waals surface area contributed by atoms with Gasteiger partial charge in [0.25, 0.3) is 5.91 Å². The van der Waals surface area contributed by atoms with Crippen LogP contribution in [0.25, 0.3) is 10.9 Å². The van der Waals surface area contributed by atoms with Gasteiger partial charge in [0.15, 0.2) is 0 Å². The summed E-state index contributed by atoms with van der Waals surface area (Å²) in [4.78, 5) is 16.7. The lowest BCUT2D eigenvalue weighted by Gasteiger charge is -2.09. The molecule has 2 heterocycles. The molecule has 0 aliphatic heterocycles. The van der Waals surface area contributed by atoms with Crippen LogP contribution in [0.15, 0.2) is 30.5 Å². The summed E-state index contributed by atoms with van der Waals surface area (Å²) in [5, 5.41) is 7.78. The SMILES string of the molecule is Cn1nc(C2CC2)cc1NC(=O)c1cnc2cc(OC(F)F)c(Cl)cc2c1. The molecule has 0 saturated heterocycles. The first-order valence-corrected chi connectivity index (χ1v) is 8.68. The number of ether oxygens (including phenoxy) is 1. The highest BCUT2D eigenvalue weighted by Gasteiger charge is 2.27. The fourth-order valence-electron chi connectivity index (χ4n) is 2.81. The Morgan fingerprint density at radius 3 is 2.81 bits per heavy atom. The molecule has 9 heteroatoms. The Kier molecular flexibility index (Phi) is 4.43. The first-order chi connectivity index (χ1) is 12.9. The summed E-state index contributed by atoms with van der Waals surface area (Å²) in [6.45, 7) is -2.98. The molecule has 1 amide bonds. The molecule has 3 aromatic rings. The van der Waals surface area contributed by atoms with E-state index in [0.29, 0.717) is 28.2 Å². The van der Waals surface area contributed by atoms with Crippen LogP contribution in [0.4, 0.5) is 14.6 Å². The first-order valence-electron chi connectivity index (χ1n) is 8.30. The number of carbonyl (C=O) groups excluding carboxylic acids is 1. The van der Waals surface area contributed by atoms with Gasteiger partial charge in [-0.15, -0.1) is 0 Å². The molecule has 1 N–H and O–H groups in total. The van der Waals surface area contributed by atoms with Crippen molar-refractivity contribution in [2.75, 3.05) is 5.32 Å². The topological polar surface area (TPSA) is 69.0 Å². The fourth-order valence-corrected chi connectivity index (χ4v) is 3.03. The number of alkyl halides is 2. The number of fused-ring (bicyclic) bond motifs is 1. The number of hydrogen-bond acceptors (Lipinski definition) is 4. The van der Waals surface area contributed by atoms with E-state index in [2.05, 4.69) is 20.1 Å². The average Bonchev–Trinajstić information content (AvgIpc) is 3.39. The summed E-state index contributed by atoms with van der Waals surface area (Å²) in [6.07, 6.45) is 3.62. The van der Waals surface area contributed by atoms with Crippen LogP contribution in [0.1, 0.15) is 34.8 Å². The van der Waals surface area contributed by atoms with Gasteiger partial charge < -0.3 is 10.1 Å². The number of nitrogens with zero attached hydrogens (tertiary/aromatic N) is 3. The van der Waals surface area contributed by atoms with E-state index in [0.717, 1.165) is 18.5 Å². The number of aromatic nitrogens is 3. The Morgan fingerprint density at radius 2 is 2.11 bits per heavy atom. The minimum absolute atomic E-state index is 0.0165. The molecule has 0 spiro atoms. The molecule has 1 aromatic carbocycles. The number of nitrogens with one attached hydrogen (secondary N) is 1. The van der Waals surface area contributed by atoms with Gasteiger partial charge in [-0.1, -0.05) is 11.6 Å². The van der Waals surface area contributed by atoms with Crippen molar-refractivity contribution < 1.29 is 18.3 Å². The molecule has 1 aliphatic rings. The predicted molar refractivity (Wildman–Crippen MR) is 96.5 cm³/mol. The van der Waals surface area contributed by atoms with Crippen molar-refractivity contribution in [1.29, 1.82) is 0 Å². The molecule has 1 fully saturated rings. The fraction of sp³-hybridized carbons (Fsp3) is 0.278. The summed E-state index contributed by atoms with van der Waals surface area (Å²) >= 11 is 5.97. The third-order valence-electron chi connectivity index (χ3n) is 4.35. The maximum absolute atomic E-state index is 12.6. The number of pyridine rings is 1. The van der Waals surface area contributed by atoms with Gasteiger partial charge in [-0.3, -0.25) is 14.5 Å². The summed E-state index contributed by atoms with van der Waals surface area (Å²) in [5.41, 5.74) is 1.68. The number of rotatable bonds is 5. The Hall–Kier alpha value is -2.74. The van der Waals surface area contributed by atoms with Crippen molar-refractivity contribution in [1.82, 2.24) is 14.8 Å². The molecule has 140 valence electrons. The van der Waals surface area contributed by atoms with Crippen molar-refractivity contribution in [3.05, 3.63) is 46.7 Å². The standard InChI is InChI=1S/C18H15ClF2N4O2/c1-25-16(7-14(24-25)9-2-3-9)23-17(26)11-4-10-5-12(19)15(27-18(20)21)6-13(10)22-8-11/h4-9,18H,2-3H2,1H3,(H,23,26). The summed E-state index contributed by atoms with van der Waals surface area (Å²) in [5.74, 6) is 0.571. The summed E-state index contributed by atoms with van der Waals surface area (Å²) < 4.78 is 30.8. The van der Waals surface area contributed by atoms with Gasteiger partial charge in [0, 0.05) is 36.7 Å². The highest BCUT2D eigenvalue weighted by atomic mass is 35.5. The number of halogens is 3. The zero-order valence-electron chi connectivity index (χ0n) is 14.2. The molecule has 2 aromatic heterocycles. The molecule has 27 heavy (non-hydrogen) atoms. The number of amides is 1. The highest BCUT2D eigenvalue weighted by molar-refractivity contribution is 6.32. The number of anilines is 1. The molecular formula is C18H15ClF2N4O2. The van der Waals surface area contributed by atoms with Crippen LogP contribution in [0.2, 0.25) is 5.02 Å². The van der Waals surface area contributed by atoms with E-state index in [-0.39, 0.29) is 16.7 Å². The van der Waals surface area contributed by atoms with E-state index < -0.39 is 6.61 Å². The van der Waals surface area contributed by atoms with Crippen LogP contribution < -0.4 is 10.1 Å². The first kappa shape index (κ1) is 17.7. The minimum Gasteiger partial charge on any atom is -0.433 e. The quantitative estimate of drug-likeness (QED) is 0.700. The molecule has 0 bridgehead atoms. The van der Waals surface area contributed by atoms with E-state index in [1.165, 1.54) is 18.3 Å². The van der Waals surface area contributed by atoms with Gasteiger partial charge >= 0.3 is 6.61 Å². The maximum Gasteiger partial charge on any atom is 0.387 e. The lowest BCUT2D eigenvalue weighted by Crippen LogP contribution is -2.14. The normalized spacial score (nSPS) is 14.0. The molecule has 0 atom stereocenters. The van der Waals surface area contributed by atoms with Crippen LogP contribution in [0.3, 0.4) is 0 Å². The number of hydrogen-bond donors (Lipinski definition) is 1. The summed E-state index contributed by atoms with van der Waals surface area (Å²) in [6, 6.07) is 6.21. The average molecular weight is 393 g/mol. The third kappa shape index (κ3) is 3.71. The van der Waals surface area contributed by atoms with Gasteiger partial charge in [-0.05, 0) is 25.0 Å². The largest absolute Gasteiger partial charge is 0.433 e. The molecule has 0 unspecified atom stereocenters. The van der Waals surface area contributed by atoms with Crippen molar-refractivity contribution >= 4 is 34.2 Å². The molecule has 4 rings (SSSR count). The van der Waals surface area contributed by atoms with Crippen molar-refractivity contribution in [3.63, 3.8) is 0 Å². The lowest BCUT2D eigenvalue weighted by atomic mass is 10.1. The minimum atomic E-state index is -2.98. The van der Waals surface area contributed by atoms with Crippen LogP contribution in [0.5, 0.6) is 5.75 Å². The third-order valence-corrected chi connectivity index (χ3v) is 4.64. The second-order valence-electron chi connectivity index (χ2n) is 6.38. The van der Waals surface area contributed by atoms with Gasteiger partial charge in [0.1, 0.15) is 11.6 Å². The van der Waals surface area contributed by atoms with Crippen molar-refractivity contribution in [3.8, 4) is 5.75 Å². The lowest BCUT2D eigenvalue weighted by molar-refractivity contribution is -0.0497. The highest BCUT2D eigenvalue weighted by Crippen LogP contribution is 2.40. The van der Waals surface area contributed by atoms with Crippen LogP contribution in [-0.4, -0.2) is 27.3 Å². The molecule has 6 nitrogen and oxygen atoms in total. The molecule has 1 saturated carbocycles. The molecule has 0 radical (unpaired) electrons. The second kappa shape index (κ2) is 6.77. The van der Waals surface area contributed by atoms with E-state index >= 15 is 0 Å². The molecule has 1 aliphatic carbocycles. The van der Waals surface area contributed by atoms with Gasteiger partial charge in [-0.2, -0.15) is 13.9 Å². The van der Waals surface area contributed by atoms with Gasteiger partial charge in [0.2, 0.25) is 0 Å². The van der Waals surface area contributed by atoms with Crippen LogP contribution in [0, 0.1) is 0 Å². The Balaban J connectivity index is 1.58. The van der Waals surface area contributed by atoms with Crippen LogP contribution >= 0.6 is 11.6 Å². The smallest absolute Gasteiger partial charge is 0.387 e. The van der Waals surface area contributed by atoms with Crippen molar-refractivity contribution in [2.24, 2.45) is 7.05 Å². The van der Waals surface area contributed by atoms with Crippen molar-refractivity contribution in [2.45, 2.75) is 25.4 Å². The predicted octanol–water partition coefficient (Wildman–Crippen LogP) is 4.35. The number of carbonyl (C=O) groups is 1. The summed E-state index contributed by atoms with van der Waals surface area (Å²) in [7, 11) is 1.77. The monoisotopic (exact) mass is 392 g/mol. The van der Waals surface area contributed by atoms with E-state index in [9.17, 15) is 13.6 Å². The Morgan fingerprint density at radius 1 is 1.33 bits per heavy atom. The zero-order chi connectivity index (χ0) is 19.1. The Bertz CT molecular complexity index is 1030. The second-order valence-corrected chi connectivity index (χ2v) is 6.79. The molecular weight excluding hydrogens is 378 g/mol. The van der Waals surface area contributed by atoms with Crippen LogP contribution in [-0.2, 0) is 7.05 Å². The Labute approximate surface area is 158 Å². The van der Waals surface area contributed by atoms with E-state index in [1.54, 1.807) is 17.8 Å². The zero-order valence-corrected chi connectivity index (χ0v) is 15.0. The maximum atomic E-state index is 12.6. The number of benzene rings is 1. The van der Waals surface area contributed by atoms with Gasteiger partial charge in [0.05, 0.1) is 21.8 Å². The van der Waals surface area contributed by atoms with E-state index in [4.69, 9.17) is 11.6 Å².